The summed E-state index contributed by atoms with van der Waals surface area (Å²) in [5.74, 6) is 0. The third-order valence-corrected chi connectivity index (χ3v) is 2.79. The van der Waals surface area contributed by atoms with Gasteiger partial charge < -0.3 is 10.1 Å². The standard InChI is InChI=1S/C15H19N3O2/c1-12(2)20-10-14-5-3-13(4-6-14)9-17-15(19)18-8-7-16-11-18/h3-8,11-12H,9-10H2,1-2H3,(H,17,19). The van der Waals surface area contributed by atoms with Gasteiger partial charge in [-0.1, -0.05) is 24.3 Å². The number of nitrogens with zero attached hydrogens (tertiary/aromatic N) is 2. The van der Waals surface area contributed by atoms with Crippen LogP contribution >= 0.6 is 0 Å². The summed E-state index contributed by atoms with van der Waals surface area (Å²) in [4.78, 5) is 15.5. The highest BCUT2D eigenvalue weighted by molar-refractivity contribution is 5.76. The van der Waals surface area contributed by atoms with Gasteiger partial charge in [-0.3, -0.25) is 4.57 Å². The number of nitrogens with one attached hydrogen (secondary N) is 1. The van der Waals surface area contributed by atoms with Gasteiger partial charge in [-0.15, -0.1) is 0 Å². The Morgan fingerprint density at radius 1 is 1.30 bits per heavy atom. The van der Waals surface area contributed by atoms with E-state index in [2.05, 4.69) is 10.3 Å². The lowest BCUT2D eigenvalue weighted by Crippen LogP contribution is -2.26. The summed E-state index contributed by atoms with van der Waals surface area (Å²) in [5.41, 5.74) is 2.18. The Labute approximate surface area is 118 Å². The lowest BCUT2D eigenvalue weighted by atomic mass is 10.1. The number of hydrogen-bond donors (Lipinski definition) is 1. The number of amides is 1. The zero-order chi connectivity index (χ0) is 14.4. The maximum atomic E-state index is 11.7. The van der Waals surface area contributed by atoms with E-state index in [1.807, 2.05) is 38.1 Å². The minimum absolute atomic E-state index is 0.185. The van der Waals surface area contributed by atoms with E-state index in [1.54, 1.807) is 12.4 Å². The van der Waals surface area contributed by atoms with E-state index in [-0.39, 0.29) is 12.1 Å². The molecule has 1 N–H and O–H groups in total. The van der Waals surface area contributed by atoms with Gasteiger partial charge in [0, 0.05) is 18.9 Å². The van der Waals surface area contributed by atoms with Gasteiger partial charge in [0.25, 0.3) is 0 Å². The van der Waals surface area contributed by atoms with Crippen molar-refractivity contribution >= 4 is 6.03 Å². The van der Waals surface area contributed by atoms with E-state index in [9.17, 15) is 4.79 Å². The largest absolute Gasteiger partial charge is 0.374 e. The molecule has 0 aliphatic rings. The van der Waals surface area contributed by atoms with Gasteiger partial charge in [0.2, 0.25) is 0 Å². The average molecular weight is 273 g/mol. The van der Waals surface area contributed by atoms with Gasteiger partial charge in [0.1, 0.15) is 6.33 Å². The summed E-state index contributed by atoms with van der Waals surface area (Å²) in [5, 5.41) is 2.82. The number of aromatic nitrogens is 2. The Kier molecular flexibility index (Phi) is 4.90. The first kappa shape index (κ1) is 14.3. The molecular formula is C15H19N3O2. The normalized spacial score (nSPS) is 10.8. The van der Waals surface area contributed by atoms with Crippen LogP contribution in [0.1, 0.15) is 25.0 Å². The van der Waals surface area contributed by atoms with Gasteiger partial charge in [0.15, 0.2) is 0 Å². The molecule has 1 aromatic heterocycles. The SMILES string of the molecule is CC(C)OCc1ccc(CNC(=O)n2ccnc2)cc1. The number of carbonyl (C=O) groups excluding carboxylic acids is 1. The molecule has 0 spiro atoms. The van der Waals surface area contributed by atoms with Crippen LogP contribution in [0.5, 0.6) is 0 Å². The van der Waals surface area contributed by atoms with Crippen molar-refractivity contribution in [2.45, 2.75) is 33.1 Å². The zero-order valence-corrected chi connectivity index (χ0v) is 11.7. The zero-order valence-electron chi connectivity index (χ0n) is 11.7. The molecule has 1 heterocycles. The van der Waals surface area contributed by atoms with Crippen molar-refractivity contribution in [1.29, 1.82) is 0 Å². The van der Waals surface area contributed by atoms with E-state index < -0.39 is 0 Å². The smallest absolute Gasteiger partial charge is 0.327 e. The Morgan fingerprint density at radius 2 is 2.00 bits per heavy atom. The average Bonchev–Trinajstić information content (AvgIpc) is 2.98. The first-order valence-corrected chi connectivity index (χ1v) is 6.60. The summed E-state index contributed by atoms with van der Waals surface area (Å²) in [6, 6.07) is 7.83. The van der Waals surface area contributed by atoms with Crippen LogP contribution in [-0.4, -0.2) is 21.7 Å². The molecule has 0 saturated heterocycles. The quantitative estimate of drug-likeness (QED) is 0.911. The molecule has 0 aliphatic carbocycles. The molecule has 0 fully saturated rings. The topological polar surface area (TPSA) is 56.1 Å². The number of ether oxygens (including phenoxy) is 1. The van der Waals surface area contributed by atoms with E-state index in [1.165, 1.54) is 10.9 Å². The van der Waals surface area contributed by atoms with Crippen LogP contribution in [0.4, 0.5) is 4.79 Å². The molecule has 0 radical (unpaired) electrons. The molecule has 0 atom stereocenters. The van der Waals surface area contributed by atoms with Crippen molar-refractivity contribution in [2.24, 2.45) is 0 Å². The molecule has 5 nitrogen and oxygen atoms in total. The number of imidazole rings is 1. The van der Waals surface area contributed by atoms with E-state index in [0.717, 1.165) is 11.1 Å². The molecule has 0 unspecified atom stereocenters. The fourth-order valence-corrected chi connectivity index (χ4v) is 1.66. The van der Waals surface area contributed by atoms with Crippen LogP contribution in [0.3, 0.4) is 0 Å². The molecule has 20 heavy (non-hydrogen) atoms. The van der Waals surface area contributed by atoms with Crippen LogP contribution in [0.15, 0.2) is 43.0 Å². The second-order valence-corrected chi connectivity index (χ2v) is 4.80. The maximum Gasteiger partial charge on any atom is 0.327 e. The van der Waals surface area contributed by atoms with Gasteiger partial charge >= 0.3 is 6.03 Å². The minimum atomic E-state index is -0.185. The molecule has 1 amide bonds. The van der Waals surface area contributed by atoms with Gasteiger partial charge in [-0.05, 0) is 25.0 Å². The van der Waals surface area contributed by atoms with E-state index in [0.29, 0.717) is 13.2 Å². The van der Waals surface area contributed by atoms with Crippen LogP contribution in [0, 0.1) is 0 Å². The van der Waals surface area contributed by atoms with Crippen molar-refractivity contribution < 1.29 is 9.53 Å². The van der Waals surface area contributed by atoms with Crippen molar-refractivity contribution in [2.75, 3.05) is 0 Å². The highest BCUT2D eigenvalue weighted by Gasteiger charge is 2.03. The van der Waals surface area contributed by atoms with E-state index >= 15 is 0 Å². The number of carbonyl (C=O) groups is 1. The summed E-state index contributed by atoms with van der Waals surface area (Å²) < 4.78 is 6.94. The Balaban J connectivity index is 1.83. The van der Waals surface area contributed by atoms with Crippen LogP contribution in [-0.2, 0) is 17.9 Å². The fourth-order valence-electron chi connectivity index (χ4n) is 1.66. The number of rotatable bonds is 5. The lowest BCUT2D eigenvalue weighted by molar-refractivity contribution is 0.0657. The summed E-state index contributed by atoms with van der Waals surface area (Å²) in [6.07, 6.45) is 4.89. The highest BCUT2D eigenvalue weighted by Crippen LogP contribution is 2.07. The first-order valence-electron chi connectivity index (χ1n) is 6.60. The molecule has 0 aliphatic heterocycles. The molecule has 2 aromatic rings. The van der Waals surface area contributed by atoms with Crippen LogP contribution in [0.25, 0.3) is 0 Å². The third-order valence-electron chi connectivity index (χ3n) is 2.79. The molecule has 2 rings (SSSR count). The predicted octanol–water partition coefficient (Wildman–Crippen LogP) is 2.57. The summed E-state index contributed by atoms with van der Waals surface area (Å²) in [6.45, 7) is 5.13. The van der Waals surface area contributed by atoms with Crippen molar-refractivity contribution in [3.63, 3.8) is 0 Å². The molecule has 1 aromatic carbocycles. The number of benzene rings is 1. The molecule has 0 bridgehead atoms. The predicted molar refractivity (Wildman–Crippen MR) is 76.2 cm³/mol. The maximum absolute atomic E-state index is 11.7. The highest BCUT2D eigenvalue weighted by atomic mass is 16.5. The van der Waals surface area contributed by atoms with Crippen LogP contribution in [0.2, 0.25) is 0 Å². The van der Waals surface area contributed by atoms with Crippen LogP contribution < -0.4 is 5.32 Å². The van der Waals surface area contributed by atoms with Crippen molar-refractivity contribution in [3.05, 3.63) is 54.1 Å². The third kappa shape index (κ3) is 4.20. The van der Waals surface area contributed by atoms with Gasteiger partial charge in [-0.25, -0.2) is 9.78 Å². The van der Waals surface area contributed by atoms with Gasteiger partial charge in [0.05, 0.1) is 12.7 Å². The van der Waals surface area contributed by atoms with Crippen molar-refractivity contribution in [1.82, 2.24) is 14.9 Å². The molecular weight excluding hydrogens is 254 g/mol. The Hall–Kier alpha value is -2.14. The minimum Gasteiger partial charge on any atom is -0.374 e. The first-order chi connectivity index (χ1) is 9.65. The monoisotopic (exact) mass is 273 g/mol. The van der Waals surface area contributed by atoms with Gasteiger partial charge in [-0.2, -0.15) is 0 Å². The summed E-state index contributed by atoms with van der Waals surface area (Å²) >= 11 is 0. The fraction of sp³-hybridized carbons (Fsp3) is 0.333. The molecule has 106 valence electrons. The van der Waals surface area contributed by atoms with Crippen molar-refractivity contribution in [3.8, 4) is 0 Å². The lowest BCUT2D eigenvalue weighted by Gasteiger charge is -2.09. The Bertz CT molecular complexity index is 533. The molecule has 0 saturated carbocycles. The van der Waals surface area contributed by atoms with E-state index in [4.69, 9.17) is 4.74 Å². The second kappa shape index (κ2) is 6.86. The Morgan fingerprint density at radius 3 is 2.60 bits per heavy atom. The number of hydrogen-bond acceptors (Lipinski definition) is 3. The second-order valence-electron chi connectivity index (χ2n) is 4.80. The molecule has 5 heteroatoms. The summed E-state index contributed by atoms with van der Waals surface area (Å²) in [7, 11) is 0.